The molecule has 2 atom stereocenters. The van der Waals surface area contributed by atoms with Crippen LogP contribution in [-0.4, -0.2) is 44.8 Å². The number of hydrogen-bond donors (Lipinski definition) is 3. The van der Waals surface area contributed by atoms with E-state index in [1.807, 2.05) is 13.8 Å². The molecule has 0 saturated carbocycles. The summed E-state index contributed by atoms with van der Waals surface area (Å²) in [5.41, 5.74) is 8.29. The molecule has 3 heterocycles. The first-order valence-electron chi connectivity index (χ1n) is 8.22. The van der Waals surface area contributed by atoms with Gasteiger partial charge in [0.1, 0.15) is 28.7 Å². The van der Waals surface area contributed by atoms with Crippen molar-refractivity contribution in [2.24, 2.45) is 5.92 Å². The highest BCUT2D eigenvalue weighted by Crippen LogP contribution is 2.40. The molecule has 144 valence electrons. The first-order valence-corrected chi connectivity index (χ1v) is 8.60. The van der Waals surface area contributed by atoms with Crippen LogP contribution in [0.3, 0.4) is 0 Å². The Morgan fingerprint density at radius 3 is 2.78 bits per heavy atom. The summed E-state index contributed by atoms with van der Waals surface area (Å²) in [6, 6.07) is 0. The number of nitrogen functional groups attached to an aromatic ring is 1. The zero-order chi connectivity index (χ0) is 19.9. The number of fused-ring (bicyclic) bond motifs is 1. The van der Waals surface area contributed by atoms with Gasteiger partial charge in [0.15, 0.2) is 0 Å². The summed E-state index contributed by atoms with van der Waals surface area (Å²) in [5.74, 6) is -1.27. The van der Waals surface area contributed by atoms with Gasteiger partial charge in [-0.2, -0.15) is 4.98 Å². The van der Waals surface area contributed by atoms with E-state index in [9.17, 15) is 15.0 Å². The van der Waals surface area contributed by atoms with Gasteiger partial charge in [-0.05, 0) is 13.8 Å². The zero-order valence-corrected chi connectivity index (χ0v) is 15.9. The van der Waals surface area contributed by atoms with Crippen molar-refractivity contribution in [3.05, 3.63) is 33.7 Å². The fourth-order valence-electron chi connectivity index (χ4n) is 3.33. The number of methoxy groups -OCH3 is 1. The van der Waals surface area contributed by atoms with Gasteiger partial charge >= 0.3 is 5.97 Å². The molecule has 0 amide bonds. The molecule has 0 bridgehead atoms. The highest BCUT2D eigenvalue weighted by Gasteiger charge is 2.40. The fourth-order valence-corrected chi connectivity index (χ4v) is 3.61. The zero-order valence-electron chi connectivity index (χ0n) is 15.1. The summed E-state index contributed by atoms with van der Waals surface area (Å²) in [4.78, 5) is 25.8. The SMILES string of the molecule is COc1c(C)cnc(CN2CC(C(=O)O)C(O)c3c(Cl)nc(N)nc32)c1C. The molecular formula is C17H20ClN5O4. The number of halogens is 1. The fraction of sp³-hybridized carbons (Fsp3) is 0.412. The molecule has 10 heteroatoms. The number of pyridine rings is 1. The average Bonchev–Trinajstić information content (AvgIpc) is 2.59. The predicted octanol–water partition coefficient (Wildman–Crippen LogP) is 1.49. The second-order valence-electron chi connectivity index (χ2n) is 6.43. The topological polar surface area (TPSA) is 135 Å². The first kappa shape index (κ1) is 19.1. The number of aromatic nitrogens is 3. The van der Waals surface area contributed by atoms with Crippen LogP contribution in [0.1, 0.15) is 28.5 Å². The average molecular weight is 394 g/mol. The number of anilines is 2. The number of nitrogens with two attached hydrogens (primary N) is 1. The number of carboxylic acids is 1. The molecule has 0 radical (unpaired) electrons. The van der Waals surface area contributed by atoms with E-state index in [0.717, 1.165) is 11.1 Å². The molecule has 0 aromatic carbocycles. The Kier molecular flexibility index (Phi) is 5.07. The first-order chi connectivity index (χ1) is 12.7. The van der Waals surface area contributed by atoms with Crippen molar-refractivity contribution in [3.63, 3.8) is 0 Å². The predicted molar refractivity (Wildman–Crippen MR) is 98.9 cm³/mol. The second-order valence-corrected chi connectivity index (χ2v) is 6.78. The maximum absolute atomic E-state index is 11.6. The number of hydrogen-bond acceptors (Lipinski definition) is 8. The number of aliphatic hydroxyl groups excluding tert-OH is 1. The van der Waals surface area contributed by atoms with Crippen LogP contribution in [0.15, 0.2) is 6.20 Å². The smallest absolute Gasteiger partial charge is 0.311 e. The van der Waals surface area contributed by atoms with E-state index in [4.69, 9.17) is 22.1 Å². The molecule has 0 aliphatic carbocycles. The van der Waals surface area contributed by atoms with Crippen LogP contribution in [-0.2, 0) is 11.3 Å². The van der Waals surface area contributed by atoms with Gasteiger partial charge in [-0.15, -0.1) is 0 Å². The minimum atomic E-state index is -1.33. The van der Waals surface area contributed by atoms with Crippen LogP contribution in [0.25, 0.3) is 0 Å². The van der Waals surface area contributed by atoms with E-state index < -0.39 is 18.0 Å². The van der Waals surface area contributed by atoms with Crippen molar-refractivity contribution >= 4 is 29.3 Å². The maximum atomic E-state index is 11.6. The standard InChI is InChI=1S/C17H20ClN5O4/c1-7-4-20-10(8(2)13(7)27-3)6-23-5-9(16(25)26)12(24)11-14(18)21-17(19)22-15(11)23/h4,9,12,24H,5-6H2,1-3H3,(H,25,26)(H2,19,21,22). The van der Waals surface area contributed by atoms with Gasteiger partial charge in [-0.3, -0.25) is 9.78 Å². The number of ether oxygens (including phenoxy) is 1. The number of rotatable bonds is 4. The Bertz CT molecular complexity index is 907. The van der Waals surface area contributed by atoms with E-state index in [2.05, 4.69) is 15.0 Å². The van der Waals surface area contributed by atoms with Crippen LogP contribution in [0, 0.1) is 19.8 Å². The molecule has 1 aliphatic rings. The van der Waals surface area contributed by atoms with E-state index >= 15 is 0 Å². The number of carboxylic acid groups (broad SMARTS) is 1. The third-order valence-electron chi connectivity index (χ3n) is 4.70. The molecule has 2 aromatic rings. The van der Waals surface area contributed by atoms with Gasteiger partial charge in [0, 0.05) is 23.9 Å². The van der Waals surface area contributed by atoms with Crippen molar-refractivity contribution in [3.8, 4) is 5.75 Å². The van der Waals surface area contributed by atoms with Gasteiger partial charge in [0.05, 0.1) is 24.9 Å². The molecule has 2 unspecified atom stereocenters. The Morgan fingerprint density at radius 2 is 2.15 bits per heavy atom. The van der Waals surface area contributed by atoms with Crippen molar-refractivity contribution < 1.29 is 19.7 Å². The lowest BCUT2D eigenvalue weighted by Gasteiger charge is -2.36. The second kappa shape index (κ2) is 7.16. The largest absolute Gasteiger partial charge is 0.496 e. The highest BCUT2D eigenvalue weighted by atomic mass is 35.5. The minimum Gasteiger partial charge on any atom is -0.496 e. The van der Waals surface area contributed by atoms with Crippen LogP contribution in [0.4, 0.5) is 11.8 Å². The quantitative estimate of drug-likeness (QED) is 0.660. The lowest BCUT2D eigenvalue weighted by atomic mass is 9.92. The van der Waals surface area contributed by atoms with E-state index in [0.29, 0.717) is 17.3 Å². The normalized spacial score (nSPS) is 18.9. The summed E-state index contributed by atoms with van der Waals surface area (Å²) in [6.07, 6.45) is 0.361. The van der Waals surface area contributed by atoms with Crippen molar-refractivity contribution in [1.82, 2.24) is 15.0 Å². The molecule has 2 aromatic heterocycles. The summed E-state index contributed by atoms with van der Waals surface area (Å²) in [7, 11) is 1.58. The summed E-state index contributed by atoms with van der Waals surface area (Å²) < 4.78 is 5.43. The monoisotopic (exact) mass is 393 g/mol. The minimum absolute atomic E-state index is 0.0214. The van der Waals surface area contributed by atoms with Crippen molar-refractivity contribution in [2.45, 2.75) is 26.5 Å². The molecular weight excluding hydrogens is 374 g/mol. The molecule has 0 spiro atoms. The molecule has 1 aliphatic heterocycles. The molecule has 27 heavy (non-hydrogen) atoms. The molecule has 0 saturated heterocycles. The van der Waals surface area contributed by atoms with Gasteiger partial charge < -0.3 is 25.6 Å². The van der Waals surface area contributed by atoms with E-state index in [1.165, 1.54) is 0 Å². The highest BCUT2D eigenvalue weighted by molar-refractivity contribution is 6.30. The maximum Gasteiger partial charge on any atom is 0.311 e. The van der Waals surface area contributed by atoms with Crippen LogP contribution < -0.4 is 15.4 Å². The number of aryl methyl sites for hydroxylation is 1. The molecule has 9 nitrogen and oxygen atoms in total. The number of carbonyl (C=O) groups is 1. The summed E-state index contributed by atoms with van der Waals surface area (Å²) in [6.45, 7) is 4.04. The summed E-state index contributed by atoms with van der Waals surface area (Å²) in [5, 5.41) is 19.9. The molecule has 3 rings (SSSR count). The third kappa shape index (κ3) is 3.35. The van der Waals surface area contributed by atoms with Crippen LogP contribution in [0.5, 0.6) is 5.75 Å². The molecule has 4 N–H and O–H groups in total. The van der Waals surface area contributed by atoms with Crippen molar-refractivity contribution in [2.75, 3.05) is 24.3 Å². The van der Waals surface area contributed by atoms with Gasteiger partial charge in [0.2, 0.25) is 5.95 Å². The number of nitrogens with zero attached hydrogens (tertiary/aromatic N) is 4. The van der Waals surface area contributed by atoms with Gasteiger partial charge in [-0.1, -0.05) is 11.6 Å². The third-order valence-corrected chi connectivity index (χ3v) is 4.99. The molecule has 0 fully saturated rings. The Labute approximate surface area is 160 Å². The van der Waals surface area contributed by atoms with E-state index in [-0.39, 0.29) is 29.8 Å². The van der Waals surface area contributed by atoms with Crippen molar-refractivity contribution in [1.29, 1.82) is 0 Å². The van der Waals surface area contributed by atoms with Crippen LogP contribution >= 0.6 is 11.6 Å². The Hall–Kier alpha value is -2.65. The Morgan fingerprint density at radius 1 is 1.44 bits per heavy atom. The number of aliphatic carboxylic acids is 1. The van der Waals surface area contributed by atoms with E-state index in [1.54, 1.807) is 18.2 Å². The number of aliphatic hydroxyl groups is 1. The summed E-state index contributed by atoms with van der Waals surface area (Å²) >= 11 is 6.13. The lowest BCUT2D eigenvalue weighted by molar-refractivity contribution is -0.145. The van der Waals surface area contributed by atoms with Gasteiger partial charge in [-0.25, -0.2) is 4.98 Å². The lowest BCUT2D eigenvalue weighted by Crippen LogP contribution is -2.42. The van der Waals surface area contributed by atoms with Crippen LogP contribution in [0.2, 0.25) is 5.15 Å². The van der Waals surface area contributed by atoms with Gasteiger partial charge in [0.25, 0.3) is 0 Å². The Balaban J connectivity index is 2.08.